The normalized spacial score (nSPS) is 10.8. The van der Waals surface area contributed by atoms with E-state index in [1.165, 1.54) is 0 Å². The lowest BCUT2D eigenvalue weighted by molar-refractivity contribution is 0.808. The number of aromatic nitrogens is 1. The minimum atomic E-state index is 0.766. The molecule has 18 heavy (non-hydrogen) atoms. The lowest BCUT2D eigenvalue weighted by atomic mass is 10.2. The number of nitrogens with zero attached hydrogens (tertiary/aromatic N) is 2. The van der Waals surface area contributed by atoms with Gasteiger partial charge in [-0.2, -0.15) is 0 Å². The lowest BCUT2D eigenvalue weighted by Gasteiger charge is -2.22. The van der Waals surface area contributed by atoms with Gasteiger partial charge in [0.05, 0.1) is 11.2 Å². The highest BCUT2D eigenvalue weighted by Crippen LogP contribution is 2.23. The second kappa shape index (κ2) is 4.39. The topological polar surface area (TPSA) is 8.17 Å². The third-order valence-corrected chi connectivity index (χ3v) is 3.32. The summed E-state index contributed by atoms with van der Waals surface area (Å²) in [4.78, 5) is 0. The second-order valence-electron chi connectivity index (χ2n) is 4.22. The molecule has 0 aliphatic heterocycles. The molecule has 0 radical (unpaired) electrons. The number of hydrogen-bond acceptors (Lipinski definition) is 1. The minimum Gasteiger partial charge on any atom is -0.284 e. The van der Waals surface area contributed by atoms with Crippen LogP contribution in [0.15, 0.2) is 60.8 Å². The van der Waals surface area contributed by atoms with Crippen LogP contribution in [0, 0.1) is 0 Å². The first kappa shape index (κ1) is 11.2. The van der Waals surface area contributed by atoms with Crippen molar-refractivity contribution in [2.75, 3.05) is 12.1 Å². The van der Waals surface area contributed by atoms with Crippen molar-refractivity contribution >= 4 is 28.2 Å². The van der Waals surface area contributed by atoms with Crippen LogP contribution in [0.25, 0.3) is 10.9 Å². The predicted molar refractivity (Wildman–Crippen MR) is 77.2 cm³/mol. The summed E-state index contributed by atoms with van der Waals surface area (Å²) in [5.41, 5.74) is 2.29. The van der Waals surface area contributed by atoms with Crippen molar-refractivity contribution in [2.24, 2.45) is 0 Å². The summed E-state index contributed by atoms with van der Waals surface area (Å²) >= 11 is 6.00. The zero-order valence-electron chi connectivity index (χ0n) is 10.0. The number of anilines is 1. The first-order chi connectivity index (χ1) is 8.75. The molecule has 0 aliphatic carbocycles. The monoisotopic (exact) mass is 256 g/mol. The Bertz CT molecular complexity index is 673. The van der Waals surface area contributed by atoms with Crippen molar-refractivity contribution in [3.8, 4) is 0 Å². The highest BCUT2D eigenvalue weighted by Gasteiger charge is 2.06. The fraction of sp³-hybridized carbons (Fsp3) is 0.0667. The Morgan fingerprint density at radius 2 is 1.78 bits per heavy atom. The third kappa shape index (κ3) is 1.85. The van der Waals surface area contributed by atoms with Crippen LogP contribution in [0.3, 0.4) is 0 Å². The molecule has 1 aromatic heterocycles. The van der Waals surface area contributed by atoms with E-state index in [1.807, 2.05) is 49.6 Å². The molecule has 3 rings (SSSR count). The Morgan fingerprint density at radius 3 is 2.56 bits per heavy atom. The summed E-state index contributed by atoms with van der Waals surface area (Å²) in [6, 6.07) is 18.3. The van der Waals surface area contributed by atoms with Gasteiger partial charge in [-0.15, -0.1) is 0 Å². The summed E-state index contributed by atoms with van der Waals surface area (Å²) in [5.74, 6) is 0. The van der Waals surface area contributed by atoms with Crippen LogP contribution in [0.1, 0.15) is 0 Å². The first-order valence-corrected chi connectivity index (χ1v) is 6.19. The minimum absolute atomic E-state index is 0.766. The maximum absolute atomic E-state index is 6.00. The van der Waals surface area contributed by atoms with Gasteiger partial charge in [-0.1, -0.05) is 29.8 Å². The fourth-order valence-corrected chi connectivity index (χ4v) is 2.31. The molecule has 1 heterocycles. The van der Waals surface area contributed by atoms with E-state index in [4.69, 9.17) is 11.6 Å². The van der Waals surface area contributed by atoms with E-state index >= 15 is 0 Å². The number of rotatable bonds is 2. The molecule has 0 amide bonds. The number of fused-ring (bicyclic) bond motifs is 1. The van der Waals surface area contributed by atoms with E-state index in [9.17, 15) is 0 Å². The average molecular weight is 257 g/mol. The van der Waals surface area contributed by atoms with Gasteiger partial charge in [-0.25, -0.2) is 0 Å². The Balaban J connectivity index is 2.10. The summed E-state index contributed by atoms with van der Waals surface area (Å²) in [5, 5.41) is 4.02. The van der Waals surface area contributed by atoms with Crippen LogP contribution in [0.2, 0.25) is 5.02 Å². The molecular formula is C15H13ClN2. The fourth-order valence-electron chi connectivity index (χ4n) is 2.13. The van der Waals surface area contributed by atoms with Gasteiger partial charge in [0.15, 0.2) is 0 Å². The number of halogens is 1. The van der Waals surface area contributed by atoms with Crippen molar-refractivity contribution in [1.29, 1.82) is 0 Å². The molecule has 0 unspecified atom stereocenters. The zero-order valence-corrected chi connectivity index (χ0v) is 10.8. The first-order valence-electron chi connectivity index (χ1n) is 5.81. The molecule has 0 fully saturated rings. The summed E-state index contributed by atoms with van der Waals surface area (Å²) < 4.78 is 2.11. The van der Waals surface area contributed by atoms with Crippen molar-refractivity contribution in [3.63, 3.8) is 0 Å². The molecule has 3 heteroatoms. The van der Waals surface area contributed by atoms with Gasteiger partial charge in [0.2, 0.25) is 0 Å². The van der Waals surface area contributed by atoms with Gasteiger partial charge in [-0.3, -0.25) is 9.69 Å². The average Bonchev–Trinajstić information content (AvgIpc) is 2.81. The van der Waals surface area contributed by atoms with Crippen molar-refractivity contribution < 1.29 is 0 Å². The molecular weight excluding hydrogens is 244 g/mol. The molecule has 2 nitrogen and oxygen atoms in total. The van der Waals surface area contributed by atoms with E-state index in [1.54, 1.807) is 0 Å². The van der Waals surface area contributed by atoms with E-state index in [0.29, 0.717) is 0 Å². The molecule has 0 saturated carbocycles. The van der Waals surface area contributed by atoms with Gasteiger partial charge < -0.3 is 0 Å². The van der Waals surface area contributed by atoms with Gasteiger partial charge in [0, 0.05) is 23.7 Å². The molecule has 0 aliphatic rings. The Hall–Kier alpha value is -1.93. The molecule has 0 atom stereocenters. The van der Waals surface area contributed by atoms with Gasteiger partial charge >= 0.3 is 0 Å². The third-order valence-electron chi connectivity index (χ3n) is 3.08. The summed E-state index contributed by atoms with van der Waals surface area (Å²) in [6.07, 6.45) is 2.05. The molecule has 0 N–H and O–H groups in total. The van der Waals surface area contributed by atoms with Crippen molar-refractivity contribution in [3.05, 3.63) is 65.8 Å². The largest absolute Gasteiger partial charge is 0.284 e. The highest BCUT2D eigenvalue weighted by molar-refractivity contribution is 6.31. The van der Waals surface area contributed by atoms with Crippen LogP contribution in [0.5, 0.6) is 0 Å². The quantitative estimate of drug-likeness (QED) is 0.667. The molecule has 2 aromatic carbocycles. The van der Waals surface area contributed by atoms with Crippen LogP contribution in [-0.2, 0) is 0 Å². The smallest absolute Gasteiger partial charge is 0.0699 e. The second-order valence-corrected chi connectivity index (χ2v) is 4.66. The summed E-state index contributed by atoms with van der Waals surface area (Å²) in [7, 11) is 2.05. The number of hydrogen-bond donors (Lipinski definition) is 0. The Morgan fingerprint density at radius 1 is 1.00 bits per heavy atom. The van der Waals surface area contributed by atoms with Crippen molar-refractivity contribution in [1.82, 2.24) is 4.68 Å². The Kier molecular flexibility index (Phi) is 2.73. The van der Waals surface area contributed by atoms with E-state index in [-0.39, 0.29) is 0 Å². The van der Waals surface area contributed by atoms with E-state index in [2.05, 4.69) is 27.9 Å². The van der Waals surface area contributed by atoms with E-state index < -0.39 is 0 Å². The highest BCUT2D eigenvalue weighted by atomic mass is 35.5. The molecule has 90 valence electrons. The maximum atomic E-state index is 6.00. The van der Waals surface area contributed by atoms with Crippen LogP contribution < -0.4 is 5.01 Å². The number of para-hydroxylation sites is 1. The van der Waals surface area contributed by atoms with Gasteiger partial charge in [0.25, 0.3) is 0 Å². The molecule has 0 saturated heterocycles. The number of benzene rings is 2. The lowest BCUT2D eigenvalue weighted by Crippen LogP contribution is -2.23. The summed E-state index contributed by atoms with van der Waals surface area (Å²) in [6.45, 7) is 0. The Labute approximate surface area is 111 Å². The molecule has 3 aromatic rings. The zero-order chi connectivity index (χ0) is 12.5. The van der Waals surface area contributed by atoms with Gasteiger partial charge in [0.1, 0.15) is 0 Å². The van der Waals surface area contributed by atoms with Crippen molar-refractivity contribution in [2.45, 2.75) is 0 Å². The molecule has 0 spiro atoms. The van der Waals surface area contributed by atoms with Crippen LogP contribution in [-0.4, -0.2) is 11.7 Å². The van der Waals surface area contributed by atoms with Crippen LogP contribution >= 0.6 is 11.6 Å². The predicted octanol–water partition coefficient (Wildman–Crippen LogP) is 4.19. The standard InChI is InChI=1S/C15H13ClN2/c1-17(14-5-3-2-4-6-14)18-10-9-12-11-13(16)7-8-15(12)18/h2-11H,1H3. The van der Waals surface area contributed by atoms with E-state index in [0.717, 1.165) is 21.6 Å². The molecule has 0 bridgehead atoms. The SMILES string of the molecule is CN(c1ccccc1)n1ccc2cc(Cl)ccc21. The van der Waals surface area contributed by atoms with Gasteiger partial charge in [-0.05, 0) is 36.4 Å². The maximum Gasteiger partial charge on any atom is 0.0699 e. The van der Waals surface area contributed by atoms with Crippen LogP contribution in [0.4, 0.5) is 5.69 Å².